The molecule has 0 spiro atoms. The molecule has 0 saturated carbocycles. The lowest BCUT2D eigenvalue weighted by atomic mass is 9.73. The second kappa shape index (κ2) is 9.49. The van der Waals surface area contributed by atoms with Gasteiger partial charge in [0.05, 0.1) is 17.7 Å². The molecule has 168 valence electrons. The Bertz CT molecular complexity index is 1070. The van der Waals surface area contributed by atoms with Gasteiger partial charge >= 0.3 is 0 Å². The van der Waals surface area contributed by atoms with Gasteiger partial charge in [0.1, 0.15) is 0 Å². The molecule has 1 aliphatic heterocycles. The van der Waals surface area contributed by atoms with E-state index in [9.17, 15) is 9.59 Å². The van der Waals surface area contributed by atoms with E-state index < -0.39 is 0 Å². The van der Waals surface area contributed by atoms with Crippen molar-refractivity contribution in [1.82, 2.24) is 5.32 Å². The topological polar surface area (TPSA) is 64.6 Å². The standard InChI is InChI=1S/C26H28BrNO4/c1-4-31-23-13-18(10-20(27)26(23)32-5-2)19-14-24(30)28-21-11-17(12-22(29)25(19)21)16-8-6-15(3)7-9-16/h6-10,13,17,19H,4-5,11-12,14H2,1-3H3,(H,28,30). The summed E-state index contributed by atoms with van der Waals surface area (Å²) in [5.41, 5.74) is 4.69. The van der Waals surface area contributed by atoms with Crippen molar-refractivity contribution in [3.8, 4) is 11.5 Å². The van der Waals surface area contributed by atoms with E-state index >= 15 is 0 Å². The SMILES string of the molecule is CCOc1cc(C2CC(=O)NC3=C2C(=O)CC(c2ccc(C)cc2)C3)cc(Br)c1OCC. The number of rotatable bonds is 6. The molecule has 2 aromatic carbocycles. The van der Waals surface area contributed by atoms with Crippen molar-refractivity contribution in [1.29, 1.82) is 0 Å². The number of allylic oxidation sites excluding steroid dienone is 2. The first-order valence-corrected chi connectivity index (χ1v) is 11.9. The molecule has 5 nitrogen and oxygen atoms in total. The van der Waals surface area contributed by atoms with E-state index in [1.807, 2.05) is 32.9 Å². The predicted molar refractivity (Wildman–Crippen MR) is 127 cm³/mol. The first kappa shape index (κ1) is 22.6. The summed E-state index contributed by atoms with van der Waals surface area (Å²) >= 11 is 3.59. The number of amides is 1. The lowest BCUT2D eigenvalue weighted by Gasteiger charge is -2.34. The van der Waals surface area contributed by atoms with Crippen LogP contribution in [0.5, 0.6) is 11.5 Å². The van der Waals surface area contributed by atoms with E-state index in [1.165, 1.54) is 5.56 Å². The molecule has 1 amide bonds. The zero-order valence-electron chi connectivity index (χ0n) is 18.7. The zero-order chi connectivity index (χ0) is 22.8. The van der Waals surface area contributed by atoms with Gasteiger partial charge in [-0.2, -0.15) is 0 Å². The number of hydrogen-bond donors (Lipinski definition) is 1. The number of halogens is 1. The van der Waals surface area contributed by atoms with Crippen LogP contribution >= 0.6 is 15.9 Å². The van der Waals surface area contributed by atoms with Crippen LogP contribution in [-0.4, -0.2) is 24.9 Å². The van der Waals surface area contributed by atoms with Crippen molar-refractivity contribution < 1.29 is 19.1 Å². The normalized spacial score (nSPS) is 20.6. The Morgan fingerprint density at radius 1 is 0.969 bits per heavy atom. The number of hydrogen-bond acceptors (Lipinski definition) is 4. The van der Waals surface area contributed by atoms with Crippen LogP contribution in [0, 0.1) is 6.92 Å². The molecular formula is C26H28BrNO4. The number of carbonyl (C=O) groups excluding carboxylic acids is 2. The summed E-state index contributed by atoms with van der Waals surface area (Å²) in [7, 11) is 0. The van der Waals surface area contributed by atoms with Crippen LogP contribution in [0.2, 0.25) is 0 Å². The fourth-order valence-corrected chi connectivity index (χ4v) is 5.23. The highest BCUT2D eigenvalue weighted by molar-refractivity contribution is 9.10. The van der Waals surface area contributed by atoms with E-state index in [4.69, 9.17) is 9.47 Å². The van der Waals surface area contributed by atoms with E-state index in [-0.39, 0.29) is 29.9 Å². The van der Waals surface area contributed by atoms with Crippen molar-refractivity contribution in [3.63, 3.8) is 0 Å². The van der Waals surface area contributed by atoms with Gasteiger partial charge in [-0.25, -0.2) is 0 Å². The molecule has 2 aromatic rings. The van der Waals surface area contributed by atoms with E-state index in [2.05, 4.69) is 45.5 Å². The molecular weight excluding hydrogens is 470 g/mol. The maximum absolute atomic E-state index is 13.4. The number of nitrogens with one attached hydrogen (secondary N) is 1. The maximum Gasteiger partial charge on any atom is 0.225 e. The van der Waals surface area contributed by atoms with Gasteiger partial charge < -0.3 is 14.8 Å². The van der Waals surface area contributed by atoms with Crippen molar-refractivity contribution in [3.05, 3.63) is 68.8 Å². The third kappa shape index (κ3) is 4.46. The molecule has 0 radical (unpaired) electrons. The Morgan fingerprint density at radius 2 is 1.69 bits per heavy atom. The first-order chi connectivity index (χ1) is 15.4. The molecule has 32 heavy (non-hydrogen) atoms. The third-order valence-corrected chi connectivity index (χ3v) is 6.70. The molecule has 1 heterocycles. The average molecular weight is 498 g/mol. The molecule has 6 heteroatoms. The zero-order valence-corrected chi connectivity index (χ0v) is 20.3. The maximum atomic E-state index is 13.4. The minimum atomic E-state index is -0.295. The van der Waals surface area contributed by atoms with Gasteiger partial charge in [0.2, 0.25) is 5.91 Å². The number of Topliss-reactive ketones (excluding diaryl/α,β-unsaturated/α-hetero) is 1. The van der Waals surface area contributed by atoms with E-state index in [0.717, 1.165) is 26.9 Å². The van der Waals surface area contributed by atoms with Crippen molar-refractivity contribution in [2.24, 2.45) is 0 Å². The monoisotopic (exact) mass is 497 g/mol. The minimum absolute atomic E-state index is 0.0610. The molecule has 2 atom stereocenters. The average Bonchev–Trinajstić information content (AvgIpc) is 2.75. The van der Waals surface area contributed by atoms with Gasteiger partial charge in [0.15, 0.2) is 17.3 Å². The number of ketones is 1. The molecule has 0 bridgehead atoms. The van der Waals surface area contributed by atoms with Crippen LogP contribution < -0.4 is 14.8 Å². The first-order valence-electron chi connectivity index (χ1n) is 11.1. The fourth-order valence-electron chi connectivity index (χ4n) is 4.66. The van der Waals surface area contributed by atoms with Gasteiger partial charge in [-0.05, 0) is 72.3 Å². The fraction of sp³-hybridized carbons (Fsp3) is 0.385. The van der Waals surface area contributed by atoms with Crippen LogP contribution in [0.4, 0.5) is 0 Å². The van der Waals surface area contributed by atoms with Crippen molar-refractivity contribution in [2.45, 2.75) is 51.9 Å². The van der Waals surface area contributed by atoms with Crippen molar-refractivity contribution in [2.75, 3.05) is 13.2 Å². The summed E-state index contributed by atoms with van der Waals surface area (Å²) < 4.78 is 12.3. The Labute approximate surface area is 197 Å². The summed E-state index contributed by atoms with van der Waals surface area (Å²) in [5.74, 6) is 1.08. The number of carbonyl (C=O) groups is 2. The van der Waals surface area contributed by atoms with Crippen LogP contribution in [0.15, 0.2) is 52.1 Å². The summed E-state index contributed by atoms with van der Waals surface area (Å²) in [5, 5.41) is 3.00. The molecule has 4 rings (SSSR count). The minimum Gasteiger partial charge on any atom is -0.490 e. The molecule has 2 unspecified atom stereocenters. The third-order valence-electron chi connectivity index (χ3n) is 6.11. The predicted octanol–water partition coefficient (Wildman–Crippen LogP) is 5.56. The number of benzene rings is 2. The second-order valence-corrected chi connectivity index (χ2v) is 9.19. The molecule has 2 aliphatic rings. The summed E-state index contributed by atoms with van der Waals surface area (Å²) in [6.07, 6.45) is 1.35. The highest BCUT2D eigenvalue weighted by Gasteiger charge is 2.38. The van der Waals surface area contributed by atoms with E-state index in [1.54, 1.807) is 0 Å². The number of ether oxygens (including phenoxy) is 2. The van der Waals surface area contributed by atoms with Gasteiger partial charge in [0.25, 0.3) is 0 Å². The molecule has 0 saturated heterocycles. The second-order valence-electron chi connectivity index (χ2n) is 8.33. The van der Waals surface area contributed by atoms with Gasteiger partial charge in [0, 0.05) is 30.0 Å². The van der Waals surface area contributed by atoms with Crippen LogP contribution in [0.1, 0.15) is 61.6 Å². The molecule has 1 N–H and O–H groups in total. The van der Waals surface area contributed by atoms with Crippen LogP contribution in [-0.2, 0) is 9.59 Å². The van der Waals surface area contributed by atoms with Gasteiger partial charge in [-0.3, -0.25) is 9.59 Å². The highest BCUT2D eigenvalue weighted by Crippen LogP contribution is 2.46. The molecule has 1 aliphatic carbocycles. The van der Waals surface area contributed by atoms with Gasteiger partial charge in [-0.1, -0.05) is 29.8 Å². The van der Waals surface area contributed by atoms with Crippen LogP contribution in [0.3, 0.4) is 0 Å². The Kier molecular flexibility index (Phi) is 6.70. The molecule has 0 aromatic heterocycles. The molecule has 0 fully saturated rings. The highest BCUT2D eigenvalue weighted by atomic mass is 79.9. The Balaban J connectivity index is 1.73. The van der Waals surface area contributed by atoms with Crippen LogP contribution in [0.25, 0.3) is 0 Å². The number of aryl methyl sites for hydroxylation is 1. The lowest BCUT2D eigenvalue weighted by molar-refractivity contribution is -0.122. The smallest absolute Gasteiger partial charge is 0.225 e. The summed E-state index contributed by atoms with van der Waals surface area (Å²) in [4.78, 5) is 26.0. The van der Waals surface area contributed by atoms with Gasteiger partial charge in [-0.15, -0.1) is 0 Å². The Hall–Kier alpha value is -2.60. The largest absolute Gasteiger partial charge is 0.490 e. The Morgan fingerprint density at radius 3 is 2.38 bits per heavy atom. The summed E-state index contributed by atoms with van der Waals surface area (Å²) in [6.45, 7) is 6.89. The summed E-state index contributed by atoms with van der Waals surface area (Å²) in [6, 6.07) is 12.2. The van der Waals surface area contributed by atoms with E-state index in [0.29, 0.717) is 37.6 Å². The van der Waals surface area contributed by atoms with Crippen molar-refractivity contribution >= 4 is 27.6 Å². The lowest BCUT2D eigenvalue weighted by Crippen LogP contribution is -2.38. The quantitative estimate of drug-likeness (QED) is 0.567.